The highest BCUT2D eigenvalue weighted by molar-refractivity contribution is 5.88. The molecule has 0 saturated heterocycles. The first-order valence-electron chi connectivity index (χ1n) is 2.46. The van der Waals surface area contributed by atoms with E-state index in [1.54, 1.807) is 0 Å². The van der Waals surface area contributed by atoms with Crippen LogP contribution >= 0.6 is 0 Å². The standard InChI is InChI=1S/C5H6O4/c6-2-3-1-4(7)5(8)9-3/h1,3,6-7H,2H2. The first-order valence-corrected chi connectivity index (χ1v) is 2.46. The van der Waals surface area contributed by atoms with Crippen LogP contribution in [0.2, 0.25) is 0 Å². The van der Waals surface area contributed by atoms with Crippen LogP contribution in [0.4, 0.5) is 0 Å². The van der Waals surface area contributed by atoms with Crippen LogP contribution in [-0.2, 0) is 9.53 Å². The molecule has 4 nitrogen and oxygen atoms in total. The van der Waals surface area contributed by atoms with Crippen molar-refractivity contribution in [2.24, 2.45) is 0 Å². The van der Waals surface area contributed by atoms with Crippen molar-refractivity contribution >= 4 is 5.97 Å². The summed E-state index contributed by atoms with van der Waals surface area (Å²) >= 11 is 0. The number of carbonyl (C=O) groups is 1. The summed E-state index contributed by atoms with van der Waals surface area (Å²) in [6.45, 7) is -0.282. The van der Waals surface area contributed by atoms with Crippen molar-refractivity contribution in [3.8, 4) is 0 Å². The van der Waals surface area contributed by atoms with Crippen molar-refractivity contribution < 1.29 is 19.7 Å². The Morgan fingerprint density at radius 1 is 1.78 bits per heavy atom. The third-order valence-corrected chi connectivity index (χ3v) is 0.991. The number of ether oxygens (including phenoxy) is 1. The zero-order valence-electron chi connectivity index (χ0n) is 4.57. The Balaban J connectivity index is 2.62. The van der Waals surface area contributed by atoms with Gasteiger partial charge in [0, 0.05) is 6.08 Å². The maximum Gasteiger partial charge on any atom is 0.373 e. The molecule has 1 heterocycles. The lowest BCUT2D eigenvalue weighted by Gasteiger charge is -1.99. The summed E-state index contributed by atoms with van der Waals surface area (Å²) in [7, 11) is 0. The summed E-state index contributed by atoms with van der Waals surface area (Å²) in [5, 5.41) is 16.9. The van der Waals surface area contributed by atoms with E-state index in [1.165, 1.54) is 6.08 Å². The zero-order chi connectivity index (χ0) is 6.85. The molecule has 0 fully saturated rings. The minimum atomic E-state index is -0.769. The maximum atomic E-state index is 10.3. The second kappa shape index (κ2) is 2.06. The van der Waals surface area contributed by atoms with E-state index >= 15 is 0 Å². The first kappa shape index (κ1) is 6.10. The van der Waals surface area contributed by atoms with Crippen LogP contribution in [0.1, 0.15) is 0 Å². The highest BCUT2D eigenvalue weighted by atomic mass is 16.6. The molecule has 1 atom stereocenters. The highest BCUT2D eigenvalue weighted by Gasteiger charge is 2.23. The van der Waals surface area contributed by atoms with Crippen LogP contribution < -0.4 is 0 Å². The van der Waals surface area contributed by atoms with Crippen molar-refractivity contribution in [3.63, 3.8) is 0 Å². The highest BCUT2D eigenvalue weighted by Crippen LogP contribution is 2.09. The Bertz CT molecular complexity index is 160. The lowest BCUT2D eigenvalue weighted by Crippen LogP contribution is -2.11. The molecule has 1 aliphatic heterocycles. The van der Waals surface area contributed by atoms with E-state index in [1.807, 2.05) is 0 Å². The molecule has 4 heteroatoms. The normalized spacial score (nSPS) is 25.7. The Labute approximate surface area is 51.4 Å². The minimum Gasteiger partial charge on any atom is -0.502 e. The second-order valence-corrected chi connectivity index (χ2v) is 1.68. The SMILES string of the molecule is O=C1OC(CO)C=C1O. The molecule has 0 aromatic heterocycles. The topological polar surface area (TPSA) is 66.8 Å². The smallest absolute Gasteiger partial charge is 0.373 e. The molecule has 0 radical (unpaired) electrons. The largest absolute Gasteiger partial charge is 0.502 e. The van der Waals surface area contributed by atoms with E-state index in [-0.39, 0.29) is 6.61 Å². The lowest BCUT2D eigenvalue weighted by molar-refractivity contribution is -0.143. The summed E-state index contributed by atoms with van der Waals surface area (Å²) < 4.78 is 4.39. The summed E-state index contributed by atoms with van der Waals surface area (Å²) in [4.78, 5) is 10.3. The number of cyclic esters (lactones) is 1. The van der Waals surface area contributed by atoms with Crippen molar-refractivity contribution in [1.82, 2.24) is 0 Å². The van der Waals surface area contributed by atoms with Crippen LogP contribution in [-0.4, -0.2) is 28.9 Å². The molecule has 50 valence electrons. The van der Waals surface area contributed by atoms with Gasteiger partial charge in [-0.25, -0.2) is 4.79 Å². The number of esters is 1. The first-order chi connectivity index (χ1) is 4.24. The van der Waals surface area contributed by atoms with Crippen LogP contribution in [0.3, 0.4) is 0 Å². The van der Waals surface area contributed by atoms with Crippen LogP contribution in [0.15, 0.2) is 11.8 Å². The van der Waals surface area contributed by atoms with E-state index in [0.29, 0.717) is 0 Å². The van der Waals surface area contributed by atoms with Gasteiger partial charge in [0.05, 0.1) is 6.61 Å². The molecular weight excluding hydrogens is 124 g/mol. The van der Waals surface area contributed by atoms with Gasteiger partial charge in [-0.05, 0) is 0 Å². The molecule has 0 aromatic rings. The number of aliphatic hydroxyl groups is 2. The van der Waals surface area contributed by atoms with Crippen molar-refractivity contribution in [2.45, 2.75) is 6.10 Å². The summed E-state index contributed by atoms with van der Waals surface area (Å²) in [6, 6.07) is 0. The van der Waals surface area contributed by atoms with Gasteiger partial charge in [-0.1, -0.05) is 0 Å². The van der Waals surface area contributed by atoms with Gasteiger partial charge in [0.2, 0.25) is 5.76 Å². The molecule has 0 amide bonds. The van der Waals surface area contributed by atoms with Crippen molar-refractivity contribution in [1.29, 1.82) is 0 Å². The molecule has 1 rings (SSSR count). The van der Waals surface area contributed by atoms with Gasteiger partial charge in [-0.3, -0.25) is 0 Å². The van der Waals surface area contributed by atoms with E-state index in [2.05, 4.69) is 4.74 Å². The molecule has 9 heavy (non-hydrogen) atoms. The number of hydrogen-bond acceptors (Lipinski definition) is 4. The molecular formula is C5H6O4. The fraction of sp³-hybridized carbons (Fsp3) is 0.400. The lowest BCUT2D eigenvalue weighted by atomic mass is 10.3. The summed E-state index contributed by atoms with van der Waals surface area (Å²) in [5.41, 5.74) is 0. The molecule has 0 spiro atoms. The molecule has 1 unspecified atom stereocenters. The van der Waals surface area contributed by atoms with Gasteiger partial charge in [0.15, 0.2) is 0 Å². The Morgan fingerprint density at radius 3 is 2.67 bits per heavy atom. The molecule has 2 N–H and O–H groups in total. The third-order valence-electron chi connectivity index (χ3n) is 0.991. The van der Waals surface area contributed by atoms with Gasteiger partial charge >= 0.3 is 5.97 Å². The van der Waals surface area contributed by atoms with Gasteiger partial charge in [-0.15, -0.1) is 0 Å². The third kappa shape index (κ3) is 1.02. The fourth-order valence-corrected chi connectivity index (χ4v) is 0.566. The molecule has 1 aliphatic rings. The van der Waals surface area contributed by atoms with Gasteiger partial charge in [-0.2, -0.15) is 0 Å². The Hall–Kier alpha value is -1.03. The van der Waals surface area contributed by atoms with Crippen molar-refractivity contribution in [2.75, 3.05) is 6.61 Å². The van der Waals surface area contributed by atoms with Crippen LogP contribution in [0.25, 0.3) is 0 Å². The molecule has 0 aliphatic carbocycles. The van der Waals surface area contributed by atoms with E-state index in [4.69, 9.17) is 10.2 Å². The number of rotatable bonds is 1. The predicted molar refractivity (Wildman–Crippen MR) is 27.7 cm³/mol. The Kier molecular flexibility index (Phi) is 1.40. The second-order valence-electron chi connectivity index (χ2n) is 1.68. The van der Waals surface area contributed by atoms with Crippen molar-refractivity contribution in [3.05, 3.63) is 11.8 Å². The Morgan fingerprint density at radius 2 is 2.44 bits per heavy atom. The zero-order valence-corrected chi connectivity index (χ0v) is 4.57. The predicted octanol–water partition coefficient (Wildman–Crippen LogP) is -0.654. The summed E-state index contributed by atoms with van der Waals surface area (Å²) in [5.74, 6) is -1.19. The molecule has 0 saturated carbocycles. The van der Waals surface area contributed by atoms with E-state index in [9.17, 15) is 4.79 Å². The molecule has 0 aromatic carbocycles. The maximum absolute atomic E-state index is 10.3. The van der Waals surface area contributed by atoms with E-state index < -0.39 is 17.8 Å². The van der Waals surface area contributed by atoms with Gasteiger partial charge < -0.3 is 14.9 Å². The fourth-order valence-electron chi connectivity index (χ4n) is 0.566. The van der Waals surface area contributed by atoms with E-state index in [0.717, 1.165) is 0 Å². The number of carbonyl (C=O) groups excluding carboxylic acids is 1. The van der Waals surface area contributed by atoms with Crippen LogP contribution in [0.5, 0.6) is 0 Å². The minimum absolute atomic E-state index is 0.282. The number of hydrogen-bond donors (Lipinski definition) is 2. The summed E-state index contributed by atoms with van der Waals surface area (Å²) in [6.07, 6.45) is 0.514. The number of aliphatic hydroxyl groups excluding tert-OH is 2. The van der Waals surface area contributed by atoms with Gasteiger partial charge in [0.1, 0.15) is 6.10 Å². The quantitative estimate of drug-likeness (QED) is 0.463. The average molecular weight is 130 g/mol. The van der Waals surface area contributed by atoms with Gasteiger partial charge in [0.25, 0.3) is 0 Å². The average Bonchev–Trinajstić information content (AvgIpc) is 2.13. The van der Waals surface area contributed by atoms with Crippen LogP contribution in [0, 0.1) is 0 Å². The monoisotopic (exact) mass is 130 g/mol. The molecule has 0 bridgehead atoms.